The number of hydrogen-bond acceptors (Lipinski definition) is 2. The van der Waals surface area contributed by atoms with E-state index in [1.54, 1.807) is 0 Å². The SMILES string of the molecule is N#Cc1cc(-c2ccccc2)c2c3cccc4c5c(-c6ccccc6)cc(C#N)c(-c6ccccc6)c5n(c2c1-c1ccccc1)c34. The molecule has 0 bridgehead atoms. The van der Waals surface area contributed by atoms with Gasteiger partial charge in [0.15, 0.2) is 0 Å². The molecular formula is C44H25N3. The Hall–Kier alpha value is -6.68. The zero-order chi connectivity index (χ0) is 31.5. The van der Waals surface area contributed by atoms with Gasteiger partial charge in [-0.2, -0.15) is 10.5 Å². The van der Waals surface area contributed by atoms with Crippen molar-refractivity contribution >= 4 is 38.1 Å². The van der Waals surface area contributed by atoms with Gasteiger partial charge in [-0.15, -0.1) is 0 Å². The predicted molar refractivity (Wildman–Crippen MR) is 192 cm³/mol. The lowest BCUT2D eigenvalue weighted by Crippen LogP contribution is -1.96. The first-order chi connectivity index (χ1) is 23.3. The topological polar surface area (TPSA) is 52.0 Å². The van der Waals surface area contributed by atoms with E-state index < -0.39 is 0 Å². The molecule has 0 atom stereocenters. The Morgan fingerprint density at radius 3 is 1.11 bits per heavy atom. The van der Waals surface area contributed by atoms with E-state index in [1.807, 2.05) is 72.8 Å². The Bertz CT molecular complexity index is 2530. The fourth-order valence-corrected chi connectivity index (χ4v) is 7.51. The lowest BCUT2D eigenvalue weighted by molar-refractivity contribution is 1.36. The lowest BCUT2D eigenvalue weighted by Gasteiger charge is -2.16. The predicted octanol–water partition coefficient (Wildman–Crippen LogP) is 11.2. The van der Waals surface area contributed by atoms with Crippen LogP contribution in [-0.2, 0) is 0 Å². The van der Waals surface area contributed by atoms with Gasteiger partial charge in [0, 0.05) is 32.7 Å². The summed E-state index contributed by atoms with van der Waals surface area (Å²) >= 11 is 0. The zero-order valence-corrected chi connectivity index (χ0v) is 25.3. The molecule has 9 aromatic rings. The number of para-hydroxylation sites is 1. The van der Waals surface area contributed by atoms with E-state index in [0.29, 0.717) is 11.1 Å². The molecule has 47 heavy (non-hydrogen) atoms. The first-order valence-electron chi connectivity index (χ1n) is 15.7. The number of nitrogens with zero attached hydrogens (tertiary/aromatic N) is 3. The van der Waals surface area contributed by atoms with Crippen molar-refractivity contribution in [2.24, 2.45) is 0 Å². The number of rotatable bonds is 4. The largest absolute Gasteiger partial charge is 0.307 e. The second-order valence-corrected chi connectivity index (χ2v) is 11.9. The summed E-state index contributed by atoms with van der Waals surface area (Å²) in [4.78, 5) is 0. The molecule has 9 rings (SSSR count). The minimum atomic E-state index is 0.609. The monoisotopic (exact) mass is 595 g/mol. The van der Waals surface area contributed by atoms with Crippen molar-refractivity contribution in [3.8, 4) is 56.6 Å². The molecule has 0 amide bonds. The van der Waals surface area contributed by atoms with Gasteiger partial charge in [-0.1, -0.05) is 140 Å². The number of fused-ring (bicyclic) bond motifs is 6. The van der Waals surface area contributed by atoms with Gasteiger partial charge < -0.3 is 4.40 Å². The molecule has 0 saturated heterocycles. The molecule has 0 N–H and O–H groups in total. The number of aromatic nitrogens is 1. The third-order valence-corrected chi connectivity index (χ3v) is 9.38. The summed E-state index contributed by atoms with van der Waals surface area (Å²) < 4.78 is 2.36. The van der Waals surface area contributed by atoms with Gasteiger partial charge in [-0.3, -0.25) is 0 Å². The molecule has 0 spiro atoms. The molecule has 7 aromatic carbocycles. The summed E-state index contributed by atoms with van der Waals surface area (Å²) in [6.45, 7) is 0. The quantitative estimate of drug-likeness (QED) is 0.203. The van der Waals surface area contributed by atoms with Crippen molar-refractivity contribution in [2.45, 2.75) is 0 Å². The van der Waals surface area contributed by atoms with Gasteiger partial charge in [0.05, 0.1) is 39.8 Å². The number of nitriles is 2. The molecule has 0 aliphatic rings. The van der Waals surface area contributed by atoms with Crippen LogP contribution in [0.15, 0.2) is 152 Å². The van der Waals surface area contributed by atoms with Crippen molar-refractivity contribution in [1.29, 1.82) is 10.5 Å². The van der Waals surface area contributed by atoms with E-state index in [1.165, 1.54) is 0 Å². The first kappa shape index (κ1) is 26.7. The van der Waals surface area contributed by atoms with Crippen molar-refractivity contribution < 1.29 is 0 Å². The maximum absolute atomic E-state index is 10.8. The molecule has 2 heterocycles. The second kappa shape index (κ2) is 10.5. The standard InChI is InChI=1S/C44H25N3/c45-26-32-24-36(28-14-5-1-6-15-28)40-34-22-13-23-35-41-37(29-16-7-2-8-17-29)25-33(27-46)39(31-20-11-4-12-21-31)44(41)47(42(34)35)43(40)38(32)30-18-9-3-10-19-30/h1-25H. The highest BCUT2D eigenvalue weighted by atomic mass is 14.9. The summed E-state index contributed by atoms with van der Waals surface area (Å²) in [6, 6.07) is 56.9. The van der Waals surface area contributed by atoms with Gasteiger partial charge in [0.25, 0.3) is 0 Å². The maximum Gasteiger partial charge on any atom is 0.0999 e. The Morgan fingerprint density at radius 1 is 0.383 bits per heavy atom. The van der Waals surface area contributed by atoms with Crippen molar-refractivity contribution in [3.05, 3.63) is 163 Å². The van der Waals surface area contributed by atoms with Crippen LogP contribution in [0.3, 0.4) is 0 Å². The summed E-state index contributed by atoms with van der Waals surface area (Å²) in [5, 5.41) is 26.0. The molecule has 3 nitrogen and oxygen atoms in total. The average molecular weight is 596 g/mol. The summed E-state index contributed by atoms with van der Waals surface area (Å²) in [5.41, 5.74) is 12.1. The Morgan fingerprint density at radius 2 is 0.745 bits per heavy atom. The highest BCUT2D eigenvalue weighted by Crippen LogP contribution is 2.51. The summed E-state index contributed by atoms with van der Waals surface area (Å²) in [7, 11) is 0. The zero-order valence-electron chi connectivity index (χ0n) is 25.3. The van der Waals surface area contributed by atoms with Crippen LogP contribution in [0.1, 0.15) is 11.1 Å². The van der Waals surface area contributed by atoms with Crippen LogP contribution in [0.4, 0.5) is 0 Å². The van der Waals surface area contributed by atoms with Gasteiger partial charge in [0.2, 0.25) is 0 Å². The van der Waals surface area contributed by atoms with Crippen LogP contribution in [0.5, 0.6) is 0 Å². The number of hydrogen-bond donors (Lipinski definition) is 0. The van der Waals surface area contributed by atoms with Crippen LogP contribution >= 0.6 is 0 Å². The van der Waals surface area contributed by atoms with E-state index in [0.717, 1.165) is 82.6 Å². The fourth-order valence-electron chi connectivity index (χ4n) is 7.51. The van der Waals surface area contributed by atoms with Crippen LogP contribution < -0.4 is 0 Å². The molecule has 0 unspecified atom stereocenters. The third kappa shape index (κ3) is 3.85. The molecular weight excluding hydrogens is 571 g/mol. The summed E-state index contributed by atoms with van der Waals surface area (Å²) in [6.07, 6.45) is 0. The smallest absolute Gasteiger partial charge is 0.0999 e. The highest BCUT2D eigenvalue weighted by Gasteiger charge is 2.28. The Balaban J connectivity index is 1.64. The molecule has 0 fully saturated rings. The third-order valence-electron chi connectivity index (χ3n) is 9.38. The van der Waals surface area contributed by atoms with Crippen LogP contribution in [0.2, 0.25) is 0 Å². The molecule has 0 radical (unpaired) electrons. The molecule has 0 saturated carbocycles. The van der Waals surface area contributed by atoms with Gasteiger partial charge in [-0.25, -0.2) is 0 Å². The van der Waals surface area contributed by atoms with Crippen LogP contribution in [-0.4, -0.2) is 4.40 Å². The molecule has 2 aromatic heterocycles. The normalized spacial score (nSPS) is 11.4. The van der Waals surface area contributed by atoms with Gasteiger partial charge in [-0.05, 0) is 45.5 Å². The second-order valence-electron chi connectivity index (χ2n) is 11.9. The maximum atomic E-state index is 10.8. The molecule has 3 heteroatoms. The van der Waals surface area contributed by atoms with Crippen molar-refractivity contribution in [3.63, 3.8) is 0 Å². The minimum absolute atomic E-state index is 0.609. The van der Waals surface area contributed by atoms with Crippen LogP contribution in [0.25, 0.3) is 82.6 Å². The fraction of sp³-hybridized carbons (Fsp3) is 0. The van der Waals surface area contributed by atoms with E-state index in [2.05, 4.69) is 95.4 Å². The Labute approximate surface area is 271 Å². The van der Waals surface area contributed by atoms with E-state index in [-0.39, 0.29) is 0 Å². The lowest BCUT2D eigenvalue weighted by atomic mass is 9.88. The first-order valence-corrected chi connectivity index (χ1v) is 15.7. The minimum Gasteiger partial charge on any atom is -0.307 e. The van der Waals surface area contributed by atoms with Crippen molar-refractivity contribution in [2.75, 3.05) is 0 Å². The van der Waals surface area contributed by atoms with E-state index >= 15 is 0 Å². The molecule has 216 valence electrons. The number of benzene rings is 7. The van der Waals surface area contributed by atoms with Crippen molar-refractivity contribution in [1.82, 2.24) is 4.40 Å². The average Bonchev–Trinajstić information content (AvgIpc) is 3.68. The van der Waals surface area contributed by atoms with E-state index in [4.69, 9.17) is 0 Å². The molecule has 0 aliphatic heterocycles. The Kier molecular flexibility index (Phi) is 5.94. The van der Waals surface area contributed by atoms with Gasteiger partial charge in [0.1, 0.15) is 0 Å². The summed E-state index contributed by atoms with van der Waals surface area (Å²) in [5.74, 6) is 0. The molecule has 0 aliphatic carbocycles. The van der Waals surface area contributed by atoms with E-state index in [9.17, 15) is 10.5 Å². The van der Waals surface area contributed by atoms with Crippen LogP contribution in [0, 0.1) is 22.7 Å². The van der Waals surface area contributed by atoms with Gasteiger partial charge >= 0.3 is 0 Å². The highest BCUT2D eigenvalue weighted by molar-refractivity contribution is 6.31.